The van der Waals surface area contributed by atoms with Crippen LogP contribution in [0.3, 0.4) is 0 Å². The Bertz CT molecular complexity index is 1260. The van der Waals surface area contributed by atoms with Gasteiger partial charge in [0.15, 0.2) is 0 Å². The van der Waals surface area contributed by atoms with Crippen LogP contribution >= 0.6 is 22.9 Å². The molecule has 1 saturated heterocycles. The van der Waals surface area contributed by atoms with E-state index in [-0.39, 0.29) is 17.8 Å². The maximum atomic E-state index is 13.1. The number of esters is 1. The van der Waals surface area contributed by atoms with Gasteiger partial charge in [0.1, 0.15) is 9.88 Å². The number of aryl methyl sites for hydroxylation is 1. The third kappa shape index (κ3) is 7.61. The van der Waals surface area contributed by atoms with Crippen molar-refractivity contribution in [3.8, 4) is 10.6 Å². The first kappa shape index (κ1) is 29.1. The van der Waals surface area contributed by atoms with E-state index in [0.29, 0.717) is 35.4 Å². The number of amides is 1. The molecule has 1 fully saturated rings. The maximum Gasteiger partial charge on any atom is 0.309 e. The molecule has 2 unspecified atom stereocenters. The van der Waals surface area contributed by atoms with Crippen LogP contribution < -0.4 is 10.2 Å². The van der Waals surface area contributed by atoms with E-state index in [9.17, 15) is 9.59 Å². The van der Waals surface area contributed by atoms with Gasteiger partial charge >= 0.3 is 5.97 Å². The highest BCUT2D eigenvalue weighted by molar-refractivity contribution is 7.17. The van der Waals surface area contributed by atoms with E-state index in [1.54, 1.807) is 0 Å². The molecule has 208 valence electrons. The Hall–Kier alpha value is -2.90. The van der Waals surface area contributed by atoms with Crippen molar-refractivity contribution in [2.24, 2.45) is 11.8 Å². The van der Waals surface area contributed by atoms with Gasteiger partial charge < -0.3 is 15.0 Å². The Morgan fingerprint density at radius 3 is 2.69 bits per heavy atom. The second kappa shape index (κ2) is 13.9. The Morgan fingerprint density at radius 1 is 1.18 bits per heavy atom. The summed E-state index contributed by atoms with van der Waals surface area (Å²) in [5, 5.41) is 4.66. The second-order valence-electron chi connectivity index (χ2n) is 10.2. The average Bonchev–Trinajstić information content (AvgIpc) is 3.34. The first-order chi connectivity index (χ1) is 18.9. The summed E-state index contributed by atoms with van der Waals surface area (Å²) in [4.78, 5) is 33.4. The van der Waals surface area contributed by atoms with Crippen LogP contribution in [0.1, 0.15) is 60.5 Å². The van der Waals surface area contributed by atoms with Crippen LogP contribution in [-0.4, -0.2) is 43.1 Å². The van der Waals surface area contributed by atoms with E-state index in [0.717, 1.165) is 55.0 Å². The number of piperidine rings is 1. The summed E-state index contributed by atoms with van der Waals surface area (Å²) in [6.45, 7) is 8.71. The number of carbonyl (C=O) groups excluding carboxylic acids is 2. The quantitative estimate of drug-likeness (QED) is 0.254. The van der Waals surface area contributed by atoms with Crippen molar-refractivity contribution in [1.82, 2.24) is 10.3 Å². The number of hydrogen-bond acceptors (Lipinski definition) is 6. The number of ether oxygens (including phenoxy) is 1. The van der Waals surface area contributed by atoms with E-state index in [4.69, 9.17) is 16.3 Å². The van der Waals surface area contributed by atoms with Crippen LogP contribution in [0, 0.1) is 18.8 Å². The number of benzene rings is 2. The highest BCUT2D eigenvalue weighted by atomic mass is 35.5. The van der Waals surface area contributed by atoms with Gasteiger partial charge in [-0.3, -0.25) is 9.59 Å². The molecule has 2 heterocycles. The molecule has 2 aromatic carbocycles. The minimum atomic E-state index is -0.128. The molecule has 39 heavy (non-hydrogen) atoms. The maximum absolute atomic E-state index is 13.1. The Labute approximate surface area is 240 Å². The molecular weight excluding hydrogens is 530 g/mol. The van der Waals surface area contributed by atoms with Gasteiger partial charge in [-0.1, -0.05) is 55.3 Å². The molecule has 0 bridgehead atoms. The molecule has 1 N–H and O–H groups in total. The van der Waals surface area contributed by atoms with Gasteiger partial charge in [0.25, 0.3) is 5.91 Å². The van der Waals surface area contributed by atoms with Gasteiger partial charge in [0.2, 0.25) is 0 Å². The third-order valence-corrected chi connectivity index (χ3v) is 8.68. The van der Waals surface area contributed by atoms with Gasteiger partial charge in [-0.2, -0.15) is 0 Å². The fraction of sp³-hybridized carbons (Fsp3) is 0.452. The summed E-state index contributed by atoms with van der Waals surface area (Å²) in [6, 6.07) is 15.9. The predicted molar refractivity (Wildman–Crippen MR) is 160 cm³/mol. The highest BCUT2D eigenvalue weighted by Crippen LogP contribution is 2.31. The van der Waals surface area contributed by atoms with Gasteiger partial charge in [0.05, 0.1) is 18.2 Å². The minimum Gasteiger partial charge on any atom is -0.466 e. The number of para-hydroxylation sites is 1. The monoisotopic (exact) mass is 567 g/mol. The summed E-state index contributed by atoms with van der Waals surface area (Å²) in [6.07, 6.45) is 4.57. The van der Waals surface area contributed by atoms with Crippen molar-refractivity contribution < 1.29 is 14.3 Å². The van der Waals surface area contributed by atoms with Gasteiger partial charge in [-0.05, 0) is 69.2 Å². The highest BCUT2D eigenvalue weighted by Gasteiger charge is 2.26. The van der Waals surface area contributed by atoms with Crippen LogP contribution in [0.25, 0.3) is 10.6 Å². The second-order valence-corrected chi connectivity index (χ2v) is 11.6. The summed E-state index contributed by atoms with van der Waals surface area (Å²) in [7, 11) is 0. The Balaban J connectivity index is 1.39. The van der Waals surface area contributed by atoms with E-state index >= 15 is 0 Å². The number of hydrogen-bond donors (Lipinski definition) is 1. The zero-order valence-corrected chi connectivity index (χ0v) is 24.6. The summed E-state index contributed by atoms with van der Waals surface area (Å²) in [5.41, 5.74) is 4.07. The molecule has 0 aliphatic carbocycles. The smallest absolute Gasteiger partial charge is 0.309 e. The fourth-order valence-corrected chi connectivity index (χ4v) is 6.37. The first-order valence-corrected chi connectivity index (χ1v) is 15.1. The Kier molecular flexibility index (Phi) is 10.4. The number of aromatic nitrogens is 1. The van der Waals surface area contributed by atoms with Crippen molar-refractivity contribution in [2.75, 3.05) is 31.1 Å². The molecule has 1 aliphatic rings. The Morgan fingerprint density at radius 2 is 1.95 bits per heavy atom. The summed E-state index contributed by atoms with van der Waals surface area (Å²) < 4.78 is 5.36. The first-order valence-electron chi connectivity index (χ1n) is 13.9. The lowest BCUT2D eigenvalue weighted by Crippen LogP contribution is -2.41. The molecule has 8 heteroatoms. The summed E-state index contributed by atoms with van der Waals surface area (Å²) >= 11 is 7.43. The number of nitrogens with one attached hydrogen (secondary N) is 1. The number of thiazole rings is 1. The lowest BCUT2D eigenvalue weighted by Gasteiger charge is -2.36. The van der Waals surface area contributed by atoms with Gasteiger partial charge in [-0.15, -0.1) is 11.3 Å². The molecule has 1 aliphatic heterocycles. The van der Waals surface area contributed by atoms with E-state index < -0.39 is 0 Å². The lowest BCUT2D eigenvalue weighted by molar-refractivity contribution is -0.148. The zero-order chi connectivity index (χ0) is 27.8. The molecule has 0 spiro atoms. The molecule has 2 atom stereocenters. The summed E-state index contributed by atoms with van der Waals surface area (Å²) in [5.74, 6) is 0.0400. The van der Waals surface area contributed by atoms with E-state index in [1.165, 1.54) is 22.6 Å². The number of nitrogens with zero attached hydrogens (tertiary/aromatic N) is 2. The van der Waals surface area contributed by atoms with Crippen LogP contribution in [0.4, 0.5) is 5.69 Å². The largest absolute Gasteiger partial charge is 0.466 e. The predicted octanol–water partition coefficient (Wildman–Crippen LogP) is 6.94. The average molecular weight is 568 g/mol. The number of halogens is 1. The SMILES string of the molecule is CCCC(Cc1ccccc1N1CCCC(CNC(=O)c2sc(-c3ccc(Cl)cc3)nc2C)C1)C(=O)OCC. The van der Waals surface area contributed by atoms with E-state index in [1.807, 2.05) is 44.2 Å². The fourth-order valence-electron chi connectivity index (χ4n) is 5.26. The third-order valence-electron chi connectivity index (χ3n) is 7.22. The normalized spacial score (nSPS) is 16.1. The number of anilines is 1. The van der Waals surface area contributed by atoms with Crippen LogP contribution in [0.5, 0.6) is 0 Å². The topological polar surface area (TPSA) is 71.5 Å². The lowest BCUT2D eigenvalue weighted by atomic mass is 9.92. The van der Waals surface area contributed by atoms with E-state index in [2.05, 4.69) is 40.3 Å². The molecule has 6 nitrogen and oxygen atoms in total. The van der Waals surface area contributed by atoms with Crippen molar-refractivity contribution in [3.63, 3.8) is 0 Å². The number of carbonyl (C=O) groups is 2. The molecule has 0 radical (unpaired) electrons. The molecule has 1 amide bonds. The molecule has 3 aromatic rings. The standard InChI is InChI=1S/C31H38ClN3O3S/c1-4-9-25(31(37)38-5-2)18-24-11-6-7-12-27(24)35-17-8-10-22(20-35)19-33-29(36)28-21(3)34-30(39-28)23-13-15-26(32)16-14-23/h6-7,11-16,22,25H,4-5,8-10,17-20H2,1-3H3,(H,33,36). The van der Waals surface area contributed by atoms with Crippen LogP contribution in [0.2, 0.25) is 5.02 Å². The molecule has 1 aromatic heterocycles. The van der Waals surface area contributed by atoms with Crippen molar-refractivity contribution in [2.45, 2.75) is 52.9 Å². The zero-order valence-electron chi connectivity index (χ0n) is 23.0. The molecule has 4 rings (SSSR count). The molecule has 0 saturated carbocycles. The van der Waals surface area contributed by atoms with Crippen molar-refractivity contribution in [3.05, 3.63) is 69.7 Å². The van der Waals surface area contributed by atoms with Crippen LogP contribution in [0.15, 0.2) is 48.5 Å². The minimum absolute atomic E-state index is 0.0698. The van der Waals surface area contributed by atoms with Gasteiger partial charge in [-0.25, -0.2) is 4.98 Å². The number of rotatable bonds is 11. The van der Waals surface area contributed by atoms with Crippen molar-refractivity contribution >= 4 is 40.5 Å². The van der Waals surface area contributed by atoms with Crippen molar-refractivity contribution in [1.29, 1.82) is 0 Å². The van der Waals surface area contributed by atoms with Gasteiger partial charge in [0, 0.05) is 35.9 Å². The van der Waals surface area contributed by atoms with Crippen LogP contribution in [-0.2, 0) is 16.0 Å². The molecular formula is C31H38ClN3O3S.